The van der Waals surface area contributed by atoms with Gasteiger partial charge in [-0.2, -0.15) is 26.3 Å². The van der Waals surface area contributed by atoms with Crippen molar-refractivity contribution in [3.05, 3.63) is 225 Å². The number of cyclic esters (lactones) is 4. The van der Waals surface area contributed by atoms with Crippen molar-refractivity contribution in [3.63, 3.8) is 0 Å². The number of nitrogens with zero attached hydrogens (tertiary/aromatic N) is 2. The maximum atomic E-state index is 15.2. The largest absolute Gasteiger partial charge is 0.457 e. The molecule has 8 aromatic rings. The number of halogens is 6. The Morgan fingerprint density at radius 3 is 0.987 bits per heavy atom. The standard InChI is InChI=1S/C59H28F6N2O12/c60-58(61,62)57(59(63,64)65,31-9-17-35(18-10-31)76-37-21-13-33(14-22-37)66-49(68)41-25-7-29(27-45(41)51(66)70)39-3-1-5-43-47(39)55(74)78-53(43)72)32-11-19-36(20-12-32)77-38-23-15-34(16-24-38)67-50(69)42-26-8-30(28-46(42)52(67)71)40-4-2-6-44-48(40)56(75)79-54(44)73/h1-28H. The van der Waals surface area contributed by atoms with E-state index in [-0.39, 0.29) is 78.9 Å². The molecule has 0 bridgehead atoms. The molecule has 0 spiro atoms. The monoisotopic (exact) mass is 1070 g/mol. The lowest BCUT2D eigenvalue weighted by atomic mass is 9.73. The zero-order valence-electron chi connectivity index (χ0n) is 39.7. The van der Waals surface area contributed by atoms with Crippen molar-refractivity contribution in [2.24, 2.45) is 0 Å². The summed E-state index contributed by atoms with van der Waals surface area (Å²) in [7, 11) is 0. The Hall–Kier alpha value is -10.5. The highest BCUT2D eigenvalue weighted by atomic mass is 19.4. The van der Waals surface area contributed by atoms with Gasteiger partial charge in [-0.15, -0.1) is 0 Å². The molecule has 388 valence electrons. The molecule has 14 nitrogen and oxygen atoms in total. The molecule has 0 radical (unpaired) electrons. The molecule has 0 aliphatic carbocycles. The molecule has 0 atom stereocenters. The van der Waals surface area contributed by atoms with Gasteiger partial charge in [-0.25, -0.2) is 29.0 Å². The molecule has 8 aromatic carbocycles. The van der Waals surface area contributed by atoms with E-state index in [1.807, 2.05) is 0 Å². The minimum absolute atomic E-state index is 0.00801. The minimum atomic E-state index is -5.94. The second kappa shape index (κ2) is 17.8. The quantitative estimate of drug-likeness (QED) is 0.0548. The van der Waals surface area contributed by atoms with Gasteiger partial charge >= 0.3 is 36.2 Å². The van der Waals surface area contributed by atoms with Gasteiger partial charge in [-0.1, -0.05) is 60.7 Å². The molecular formula is C59H28F6N2O12. The molecule has 0 fully saturated rings. The van der Waals surface area contributed by atoms with Gasteiger partial charge < -0.3 is 18.9 Å². The highest BCUT2D eigenvalue weighted by Gasteiger charge is 2.72. The van der Waals surface area contributed by atoms with Crippen LogP contribution in [0.3, 0.4) is 0 Å². The summed E-state index contributed by atoms with van der Waals surface area (Å²) in [5, 5.41) is 0. The van der Waals surface area contributed by atoms with Crippen LogP contribution in [0.4, 0.5) is 37.7 Å². The van der Waals surface area contributed by atoms with Crippen molar-refractivity contribution in [2.75, 3.05) is 9.80 Å². The number of rotatable bonds is 10. The average Bonchev–Trinajstić information content (AvgIpc) is 4.20. The Bertz CT molecular complexity index is 3780. The molecule has 12 rings (SSSR count). The molecule has 0 saturated heterocycles. The van der Waals surface area contributed by atoms with Crippen LogP contribution in [0, 0.1) is 0 Å². The van der Waals surface area contributed by atoms with E-state index in [4.69, 9.17) is 18.9 Å². The predicted molar refractivity (Wildman–Crippen MR) is 264 cm³/mol. The first-order chi connectivity index (χ1) is 37.7. The Morgan fingerprint density at radius 2 is 0.646 bits per heavy atom. The number of alkyl halides is 6. The number of carbonyl (C=O) groups is 8. The first kappa shape index (κ1) is 49.4. The van der Waals surface area contributed by atoms with Crippen molar-refractivity contribution in [1.29, 1.82) is 0 Å². The maximum absolute atomic E-state index is 15.2. The second-order valence-electron chi connectivity index (χ2n) is 18.2. The first-order valence-electron chi connectivity index (χ1n) is 23.5. The summed E-state index contributed by atoms with van der Waals surface area (Å²) in [5.74, 6) is -6.36. The summed E-state index contributed by atoms with van der Waals surface area (Å²) in [6.07, 6.45) is -11.9. The van der Waals surface area contributed by atoms with E-state index in [0.717, 1.165) is 34.1 Å². The molecular weight excluding hydrogens is 1040 g/mol. The number of esters is 4. The van der Waals surface area contributed by atoms with E-state index in [0.29, 0.717) is 46.5 Å². The van der Waals surface area contributed by atoms with Crippen LogP contribution in [0.1, 0.15) is 94.0 Å². The first-order valence-corrected chi connectivity index (χ1v) is 23.5. The summed E-state index contributed by atoms with van der Waals surface area (Å²) < 4.78 is 112. The normalized spacial score (nSPS) is 14.8. The van der Waals surface area contributed by atoms with Crippen molar-refractivity contribution in [3.8, 4) is 45.3 Å². The number of hydrogen-bond acceptors (Lipinski definition) is 12. The molecule has 79 heavy (non-hydrogen) atoms. The van der Waals surface area contributed by atoms with E-state index in [1.54, 1.807) is 12.1 Å². The number of benzene rings is 8. The van der Waals surface area contributed by atoms with Crippen LogP contribution in [0.25, 0.3) is 22.3 Å². The molecule has 0 aromatic heterocycles. The van der Waals surface area contributed by atoms with Gasteiger partial charge in [-0.05, 0) is 143 Å². The lowest BCUT2D eigenvalue weighted by Gasteiger charge is -2.38. The molecule has 4 aliphatic rings. The SMILES string of the molecule is O=C1OC(=O)c2c1cccc2-c1ccc2c(c1)C(=O)N(c1ccc(Oc3ccc(C(c4ccc(Oc5ccc(N6C(=O)c7ccc(-c8cccc9c8C(=O)OC9=O)cc7C6=O)cc5)cc4)(C(F)(F)F)C(F)(F)F)cc3)cc1)C2=O. The highest BCUT2D eigenvalue weighted by Crippen LogP contribution is 2.57. The Morgan fingerprint density at radius 1 is 0.329 bits per heavy atom. The fourth-order valence-electron chi connectivity index (χ4n) is 10.2. The zero-order chi connectivity index (χ0) is 55.4. The van der Waals surface area contributed by atoms with Crippen LogP contribution in [0.15, 0.2) is 170 Å². The summed E-state index contributed by atoms with van der Waals surface area (Å²) in [6.45, 7) is 0. The number of fused-ring (bicyclic) bond motifs is 4. The van der Waals surface area contributed by atoms with Crippen molar-refractivity contribution >= 4 is 58.9 Å². The molecule has 4 aliphatic heterocycles. The molecule has 4 amide bonds. The van der Waals surface area contributed by atoms with Gasteiger partial charge in [0.2, 0.25) is 5.41 Å². The smallest absolute Gasteiger partial charge is 0.411 e. The van der Waals surface area contributed by atoms with E-state index < -0.39 is 76.4 Å². The Kier molecular flexibility index (Phi) is 11.1. The van der Waals surface area contributed by atoms with Gasteiger partial charge in [0.15, 0.2) is 0 Å². The third-order valence-electron chi connectivity index (χ3n) is 13.8. The number of imide groups is 2. The van der Waals surface area contributed by atoms with Crippen molar-refractivity contribution in [2.45, 2.75) is 17.8 Å². The van der Waals surface area contributed by atoms with Gasteiger partial charge in [0.05, 0.1) is 55.9 Å². The van der Waals surface area contributed by atoms with E-state index in [2.05, 4.69) is 0 Å². The van der Waals surface area contributed by atoms with Crippen LogP contribution in [0.5, 0.6) is 23.0 Å². The number of anilines is 2. The Labute approximate surface area is 439 Å². The van der Waals surface area contributed by atoms with E-state index in [9.17, 15) is 38.4 Å². The number of carbonyl (C=O) groups excluding carboxylic acids is 8. The number of hydrogen-bond donors (Lipinski definition) is 0. The topological polar surface area (TPSA) is 180 Å². The lowest BCUT2D eigenvalue weighted by molar-refractivity contribution is -0.288. The fraction of sp³-hybridized carbons (Fsp3) is 0.0508. The maximum Gasteiger partial charge on any atom is 0.411 e. The van der Waals surface area contributed by atoms with Crippen molar-refractivity contribution in [1.82, 2.24) is 0 Å². The molecule has 4 heterocycles. The van der Waals surface area contributed by atoms with Gasteiger partial charge in [-0.3, -0.25) is 19.2 Å². The van der Waals surface area contributed by atoms with Gasteiger partial charge in [0, 0.05) is 0 Å². The van der Waals surface area contributed by atoms with E-state index >= 15 is 26.3 Å². The third kappa shape index (κ3) is 7.73. The van der Waals surface area contributed by atoms with Crippen LogP contribution in [-0.2, 0) is 14.9 Å². The predicted octanol–water partition coefficient (Wildman–Crippen LogP) is 12.2. The summed E-state index contributed by atoms with van der Waals surface area (Å²) in [5.41, 5.74) is -5.10. The summed E-state index contributed by atoms with van der Waals surface area (Å²) >= 11 is 0. The summed E-state index contributed by atoms with van der Waals surface area (Å²) in [6, 6.07) is 34.7. The zero-order valence-corrected chi connectivity index (χ0v) is 39.7. The van der Waals surface area contributed by atoms with E-state index in [1.165, 1.54) is 109 Å². The fourth-order valence-corrected chi connectivity index (χ4v) is 10.2. The molecule has 20 heteroatoms. The van der Waals surface area contributed by atoms with Crippen LogP contribution >= 0.6 is 0 Å². The highest BCUT2D eigenvalue weighted by molar-refractivity contribution is 6.36. The number of ether oxygens (including phenoxy) is 4. The Balaban J connectivity index is 0.733. The third-order valence-corrected chi connectivity index (χ3v) is 13.8. The van der Waals surface area contributed by atoms with Gasteiger partial charge in [0.1, 0.15) is 23.0 Å². The summed E-state index contributed by atoms with van der Waals surface area (Å²) in [4.78, 5) is 105. The average molecular weight is 1070 g/mol. The molecule has 0 saturated carbocycles. The molecule has 0 unspecified atom stereocenters. The molecule has 0 N–H and O–H groups in total. The minimum Gasteiger partial charge on any atom is -0.457 e. The van der Waals surface area contributed by atoms with Crippen molar-refractivity contribution < 1.29 is 83.6 Å². The number of amides is 4. The second-order valence-corrected chi connectivity index (χ2v) is 18.2. The van der Waals surface area contributed by atoms with Crippen LogP contribution in [0.2, 0.25) is 0 Å². The van der Waals surface area contributed by atoms with Crippen LogP contribution in [-0.4, -0.2) is 59.9 Å². The van der Waals surface area contributed by atoms with Gasteiger partial charge in [0.25, 0.3) is 23.6 Å². The lowest BCUT2D eigenvalue weighted by Crippen LogP contribution is -2.54. The van der Waals surface area contributed by atoms with Crippen LogP contribution < -0.4 is 19.3 Å².